The summed E-state index contributed by atoms with van der Waals surface area (Å²) in [6, 6.07) is 16.6. The summed E-state index contributed by atoms with van der Waals surface area (Å²) in [4.78, 5) is 4.45. The van der Waals surface area contributed by atoms with Crippen molar-refractivity contribution in [3.05, 3.63) is 78.1 Å². The van der Waals surface area contributed by atoms with Crippen molar-refractivity contribution in [1.29, 1.82) is 0 Å². The van der Waals surface area contributed by atoms with E-state index in [0.717, 1.165) is 11.5 Å². The highest BCUT2D eigenvalue weighted by atomic mass is 19.4. The second-order valence-corrected chi connectivity index (χ2v) is 5.74. The lowest BCUT2D eigenvalue weighted by atomic mass is 10.00. The van der Waals surface area contributed by atoms with Crippen LogP contribution in [0.4, 0.5) is 17.6 Å². The van der Waals surface area contributed by atoms with Gasteiger partial charge in [0.05, 0.1) is 16.8 Å². The molecule has 0 unspecified atom stereocenters. The van der Waals surface area contributed by atoms with Gasteiger partial charge in [-0.25, -0.2) is 9.37 Å². The zero-order chi connectivity index (χ0) is 17.6. The Morgan fingerprint density at radius 3 is 2.20 bits per heavy atom. The van der Waals surface area contributed by atoms with E-state index in [0.29, 0.717) is 10.9 Å². The Bertz CT molecular complexity index is 1080. The van der Waals surface area contributed by atoms with Crippen molar-refractivity contribution < 1.29 is 17.6 Å². The second-order valence-electron chi connectivity index (χ2n) is 5.74. The summed E-state index contributed by atoms with van der Waals surface area (Å²) in [6.07, 6.45) is -4.52. The lowest BCUT2D eigenvalue weighted by Gasteiger charge is -2.14. The molecule has 0 aliphatic carbocycles. The van der Waals surface area contributed by atoms with Crippen LogP contribution in [-0.4, -0.2) is 4.98 Å². The lowest BCUT2D eigenvalue weighted by molar-refractivity contribution is -0.136. The molecule has 0 amide bonds. The average molecular weight is 341 g/mol. The normalized spacial score (nSPS) is 12.0. The van der Waals surface area contributed by atoms with Crippen LogP contribution in [0.3, 0.4) is 0 Å². The zero-order valence-electron chi connectivity index (χ0n) is 12.8. The number of halogens is 4. The number of pyridine rings is 1. The Morgan fingerprint density at radius 2 is 1.48 bits per heavy atom. The highest BCUT2D eigenvalue weighted by Crippen LogP contribution is 2.38. The maximum atomic E-state index is 13.6. The second kappa shape index (κ2) is 5.55. The molecule has 4 rings (SSSR count). The molecule has 0 aliphatic heterocycles. The molecule has 0 fully saturated rings. The number of hydrogen-bond acceptors (Lipinski definition) is 1. The molecule has 25 heavy (non-hydrogen) atoms. The highest BCUT2D eigenvalue weighted by Gasteiger charge is 2.33. The summed E-state index contributed by atoms with van der Waals surface area (Å²) in [7, 11) is 0. The van der Waals surface area contributed by atoms with Crippen LogP contribution >= 0.6 is 0 Å². The number of hydrogen-bond donors (Lipinski definition) is 0. The maximum Gasteiger partial charge on any atom is 0.417 e. The van der Waals surface area contributed by atoms with Gasteiger partial charge in [0, 0.05) is 16.3 Å². The number of fused-ring (bicyclic) bond motifs is 3. The summed E-state index contributed by atoms with van der Waals surface area (Å²) in [5.74, 6) is -0.453. The first-order valence-corrected chi connectivity index (χ1v) is 7.59. The van der Waals surface area contributed by atoms with Crippen molar-refractivity contribution in [2.75, 3.05) is 0 Å². The predicted octanol–water partition coefficient (Wildman–Crippen LogP) is 6.21. The van der Waals surface area contributed by atoms with Gasteiger partial charge in [-0.3, -0.25) is 0 Å². The van der Waals surface area contributed by atoms with Crippen molar-refractivity contribution in [3.8, 4) is 11.3 Å². The van der Waals surface area contributed by atoms with Crippen molar-refractivity contribution in [2.45, 2.75) is 6.18 Å². The van der Waals surface area contributed by atoms with Crippen molar-refractivity contribution in [2.24, 2.45) is 0 Å². The molecule has 0 aliphatic rings. The van der Waals surface area contributed by atoms with Gasteiger partial charge >= 0.3 is 6.18 Å². The van der Waals surface area contributed by atoms with Crippen molar-refractivity contribution in [1.82, 2.24) is 4.98 Å². The van der Waals surface area contributed by atoms with E-state index in [1.165, 1.54) is 30.3 Å². The fourth-order valence-electron chi connectivity index (χ4n) is 2.96. The van der Waals surface area contributed by atoms with Gasteiger partial charge in [-0.15, -0.1) is 0 Å². The first-order valence-electron chi connectivity index (χ1n) is 7.59. The Kier molecular flexibility index (Phi) is 3.46. The zero-order valence-corrected chi connectivity index (χ0v) is 12.8. The van der Waals surface area contributed by atoms with Gasteiger partial charge in [0.15, 0.2) is 0 Å². The van der Waals surface area contributed by atoms with Crippen molar-refractivity contribution >= 4 is 21.7 Å². The molecule has 0 saturated heterocycles. The van der Waals surface area contributed by atoms with E-state index in [4.69, 9.17) is 0 Å². The third kappa shape index (κ3) is 2.71. The topological polar surface area (TPSA) is 12.9 Å². The van der Waals surface area contributed by atoms with Gasteiger partial charge in [0.25, 0.3) is 0 Å². The largest absolute Gasteiger partial charge is 0.417 e. The number of rotatable bonds is 1. The summed E-state index contributed by atoms with van der Waals surface area (Å²) in [5, 5.41) is 1.51. The molecule has 0 N–H and O–H groups in total. The third-order valence-electron chi connectivity index (χ3n) is 4.15. The lowest BCUT2D eigenvalue weighted by Crippen LogP contribution is -2.07. The van der Waals surface area contributed by atoms with E-state index in [9.17, 15) is 17.6 Å². The van der Waals surface area contributed by atoms with E-state index in [-0.39, 0.29) is 16.6 Å². The smallest absolute Gasteiger partial charge is 0.247 e. The van der Waals surface area contributed by atoms with Crippen LogP contribution in [0.15, 0.2) is 66.7 Å². The molecule has 0 saturated carbocycles. The van der Waals surface area contributed by atoms with E-state index in [2.05, 4.69) is 4.98 Å². The van der Waals surface area contributed by atoms with Gasteiger partial charge < -0.3 is 0 Å². The average Bonchev–Trinajstić information content (AvgIpc) is 2.60. The van der Waals surface area contributed by atoms with Gasteiger partial charge in [-0.2, -0.15) is 13.2 Å². The van der Waals surface area contributed by atoms with Gasteiger partial charge in [-0.1, -0.05) is 36.4 Å². The molecule has 0 atom stereocenters. The summed E-state index contributed by atoms with van der Waals surface area (Å²) < 4.78 is 53.9. The Morgan fingerprint density at radius 1 is 0.760 bits per heavy atom. The Labute approximate surface area is 140 Å². The number of benzene rings is 3. The van der Waals surface area contributed by atoms with Crippen LogP contribution in [0, 0.1) is 5.82 Å². The predicted molar refractivity (Wildman–Crippen MR) is 89.6 cm³/mol. The van der Waals surface area contributed by atoms with Crippen LogP contribution in [0.1, 0.15) is 5.56 Å². The third-order valence-corrected chi connectivity index (χ3v) is 4.15. The molecule has 1 nitrogen and oxygen atoms in total. The quantitative estimate of drug-likeness (QED) is 0.296. The summed E-state index contributed by atoms with van der Waals surface area (Å²) in [6.45, 7) is 0. The first kappa shape index (κ1) is 15.6. The van der Waals surface area contributed by atoms with Gasteiger partial charge in [0.1, 0.15) is 5.82 Å². The molecule has 0 spiro atoms. The Balaban J connectivity index is 2.11. The molecular formula is C20H11F4N. The molecule has 3 aromatic carbocycles. The molecule has 4 aromatic rings. The molecule has 124 valence electrons. The fraction of sp³-hybridized carbons (Fsp3) is 0.0500. The minimum atomic E-state index is -4.52. The minimum absolute atomic E-state index is 0.0528. The SMILES string of the molecule is Fc1ccc(-c2cc(C(F)(F)F)c3ccc4ccccc4c3n2)cc1. The highest BCUT2D eigenvalue weighted by molar-refractivity contribution is 6.07. The number of aromatic nitrogens is 1. The minimum Gasteiger partial charge on any atom is -0.247 e. The van der Waals surface area contributed by atoms with Crippen molar-refractivity contribution in [3.63, 3.8) is 0 Å². The maximum absolute atomic E-state index is 13.6. The monoisotopic (exact) mass is 341 g/mol. The van der Waals surface area contributed by atoms with Gasteiger partial charge in [0.2, 0.25) is 0 Å². The van der Waals surface area contributed by atoms with E-state index in [1.54, 1.807) is 18.2 Å². The van der Waals surface area contributed by atoms with Crippen LogP contribution in [0.5, 0.6) is 0 Å². The van der Waals surface area contributed by atoms with Crippen LogP contribution in [0.25, 0.3) is 32.9 Å². The molecule has 5 heteroatoms. The van der Waals surface area contributed by atoms with Crippen LogP contribution < -0.4 is 0 Å². The van der Waals surface area contributed by atoms with E-state index in [1.807, 2.05) is 12.1 Å². The van der Waals surface area contributed by atoms with Crippen LogP contribution in [0.2, 0.25) is 0 Å². The number of nitrogens with zero attached hydrogens (tertiary/aromatic N) is 1. The standard InChI is InChI=1S/C20H11F4N/c21-14-8-5-13(6-9-14)18-11-17(20(22,23)24)16-10-7-12-3-1-2-4-15(12)19(16)25-18/h1-11H. The first-order chi connectivity index (χ1) is 11.9. The van der Waals surface area contributed by atoms with E-state index < -0.39 is 17.6 Å². The van der Waals surface area contributed by atoms with Gasteiger partial charge in [-0.05, 0) is 35.7 Å². The molecule has 0 radical (unpaired) electrons. The van der Waals surface area contributed by atoms with Crippen LogP contribution in [-0.2, 0) is 6.18 Å². The number of alkyl halides is 3. The fourth-order valence-corrected chi connectivity index (χ4v) is 2.96. The van der Waals surface area contributed by atoms with E-state index >= 15 is 0 Å². The summed E-state index contributed by atoms with van der Waals surface area (Å²) in [5.41, 5.74) is 0.132. The Hall–Kier alpha value is -2.95. The summed E-state index contributed by atoms with van der Waals surface area (Å²) >= 11 is 0. The molecule has 1 aromatic heterocycles. The molecule has 1 heterocycles. The molecule has 0 bridgehead atoms. The molecular weight excluding hydrogens is 330 g/mol.